The van der Waals surface area contributed by atoms with Crippen LogP contribution in [0.1, 0.15) is 11.1 Å². The molecule has 0 atom stereocenters. The molecule has 2 nitrogen and oxygen atoms in total. The van der Waals surface area contributed by atoms with Gasteiger partial charge in [0.1, 0.15) is 0 Å². The van der Waals surface area contributed by atoms with Crippen molar-refractivity contribution in [2.24, 2.45) is 5.73 Å². The van der Waals surface area contributed by atoms with Crippen LogP contribution in [0.25, 0.3) is 10.9 Å². The van der Waals surface area contributed by atoms with E-state index in [9.17, 15) is 0 Å². The quantitative estimate of drug-likeness (QED) is 0.720. The molecule has 68 valence electrons. The summed E-state index contributed by atoms with van der Waals surface area (Å²) in [6, 6.07) is 4.00. The fourth-order valence-electron chi connectivity index (χ4n) is 1.48. The summed E-state index contributed by atoms with van der Waals surface area (Å²) in [5.74, 6) is 0. The summed E-state index contributed by atoms with van der Waals surface area (Å²) >= 11 is 5.99. The van der Waals surface area contributed by atoms with E-state index in [4.69, 9.17) is 17.3 Å². The van der Waals surface area contributed by atoms with Gasteiger partial charge in [-0.25, -0.2) is 0 Å². The number of aromatic nitrogens is 1. The summed E-state index contributed by atoms with van der Waals surface area (Å²) in [5.41, 5.74) is 8.87. The van der Waals surface area contributed by atoms with Gasteiger partial charge in [-0.05, 0) is 30.2 Å². The third kappa shape index (κ3) is 1.32. The van der Waals surface area contributed by atoms with Crippen LogP contribution in [-0.4, -0.2) is 4.98 Å². The first-order valence-corrected chi connectivity index (χ1v) is 4.56. The van der Waals surface area contributed by atoms with Crippen molar-refractivity contribution in [3.05, 3.63) is 34.5 Å². The van der Waals surface area contributed by atoms with Crippen LogP contribution in [0.5, 0.6) is 0 Å². The number of H-pyrrole nitrogens is 1. The highest BCUT2D eigenvalue weighted by molar-refractivity contribution is 6.32. The smallest absolute Gasteiger partial charge is 0.0472 e. The van der Waals surface area contributed by atoms with E-state index in [0.717, 1.165) is 21.7 Å². The third-order valence-corrected chi connectivity index (χ3v) is 2.67. The van der Waals surface area contributed by atoms with Gasteiger partial charge in [0.25, 0.3) is 0 Å². The molecular weight excluding hydrogens is 184 g/mol. The van der Waals surface area contributed by atoms with E-state index in [1.165, 1.54) is 5.39 Å². The molecular formula is C10H11ClN2. The average Bonchev–Trinajstić information content (AvgIpc) is 2.48. The molecule has 0 bridgehead atoms. The van der Waals surface area contributed by atoms with Crippen LogP contribution in [-0.2, 0) is 6.54 Å². The van der Waals surface area contributed by atoms with E-state index in [-0.39, 0.29) is 0 Å². The molecule has 0 saturated carbocycles. The number of hydrogen-bond donors (Lipinski definition) is 2. The Balaban J connectivity index is 2.77. The average molecular weight is 195 g/mol. The largest absolute Gasteiger partial charge is 0.361 e. The van der Waals surface area contributed by atoms with E-state index in [1.54, 1.807) is 0 Å². The van der Waals surface area contributed by atoms with Gasteiger partial charge in [0.05, 0.1) is 0 Å². The Morgan fingerprint density at radius 1 is 1.46 bits per heavy atom. The number of nitrogens with two attached hydrogens (primary N) is 1. The van der Waals surface area contributed by atoms with Crippen LogP contribution in [0.15, 0.2) is 18.3 Å². The van der Waals surface area contributed by atoms with Crippen molar-refractivity contribution in [2.75, 3.05) is 0 Å². The normalized spacial score (nSPS) is 11.0. The topological polar surface area (TPSA) is 41.8 Å². The van der Waals surface area contributed by atoms with Gasteiger partial charge < -0.3 is 10.7 Å². The Bertz CT molecular complexity index is 445. The maximum absolute atomic E-state index is 5.99. The number of nitrogens with one attached hydrogen (secondary N) is 1. The highest BCUT2D eigenvalue weighted by Gasteiger charge is 2.04. The van der Waals surface area contributed by atoms with E-state index in [1.807, 2.05) is 19.2 Å². The lowest BCUT2D eigenvalue weighted by molar-refractivity contribution is 1.08. The van der Waals surface area contributed by atoms with Gasteiger partial charge in [-0.3, -0.25) is 0 Å². The Hall–Kier alpha value is -0.990. The minimum Gasteiger partial charge on any atom is -0.361 e. The lowest BCUT2D eigenvalue weighted by Crippen LogP contribution is -1.94. The minimum atomic E-state index is 0.557. The second-order valence-electron chi connectivity index (χ2n) is 3.17. The Kier molecular flexibility index (Phi) is 2.02. The number of halogens is 1. The molecule has 0 radical (unpaired) electrons. The van der Waals surface area contributed by atoms with E-state index >= 15 is 0 Å². The van der Waals surface area contributed by atoms with Crippen molar-refractivity contribution in [1.29, 1.82) is 0 Å². The Morgan fingerprint density at radius 2 is 2.23 bits per heavy atom. The summed E-state index contributed by atoms with van der Waals surface area (Å²) in [7, 11) is 0. The maximum atomic E-state index is 5.99. The van der Waals surface area contributed by atoms with Crippen LogP contribution in [0.4, 0.5) is 0 Å². The standard InChI is InChI=1S/C10H11ClN2/c1-6-2-8-7(4-12)5-13-10(8)3-9(6)11/h2-3,5,13H,4,12H2,1H3. The van der Waals surface area contributed by atoms with Crippen LogP contribution in [0, 0.1) is 6.92 Å². The van der Waals surface area contributed by atoms with Crippen molar-refractivity contribution in [3.8, 4) is 0 Å². The molecule has 0 saturated heterocycles. The van der Waals surface area contributed by atoms with Gasteiger partial charge in [0.15, 0.2) is 0 Å². The summed E-state index contributed by atoms with van der Waals surface area (Å²) in [4.78, 5) is 3.14. The second kappa shape index (κ2) is 3.05. The van der Waals surface area contributed by atoms with Crippen molar-refractivity contribution in [1.82, 2.24) is 4.98 Å². The van der Waals surface area contributed by atoms with Crippen LogP contribution in [0.2, 0.25) is 5.02 Å². The van der Waals surface area contributed by atoms with Crippen molar-refractivity contribution in [3.63, 3.8) is 0 Å². The molecule has 13 heavy (non-hydrogen) atoms. The highest BCUT2D eigenvalue weighted by atomic mass is 35.5. The van der Waals surface area contributed by atoms with E-state index < -0.39 is 0 Å². The monoisotopic (exact) mass is 194 g/mol. The Morgan fingerprint density at radius 3 is 2.92 bits per heavy atom. The number of hydrogen-bond acceptors (Lipinski definition) is 1. The molecule has 0 fully saturated rings. The van der Waals surface area contributed by atoms with Crippen LogP contribution < -0.4 is 5.73 Å². The molecule has 0 spiro atoms. The summed E-state index contributed by atoms with van der Waals surface area (Å²) in [6.07, 6.45) is 1.93. The van der Waals surface area contributed by atoms with E-state index in [0.29, 0.717) is 6.54 Å². The van der Waals surface area contributed by atoms with Crippen LogP contribution >= 0.6 is 11.6 Å². The highest BCUT2D eigenvalue weighted by Crippen LogP contribution is 2.25. The zero-order chi connectivity index (χ0) is 9.42. The van der Waals surface area contributed by atoms with Gasteiger partial charge in [0, 0.05) is 28.7 Å². The fourth-order valence-corrected chi connectivity index (χ4v) is 1.64. The number of aryl methyl sites for hydroxylation is 1. The summed E-state index contributed by atoms with van der Waals surface area (Å²) in [6.45, 7) is 2.55. The molecule has 0 aliphatic rings. The van der Waals surface area contributed by atoms with Crippen molar-refractivity contribution in [2.45, 2.75) is 13.5 Å². The number of aromatic amines is 1. The van der Waals surface area contributed by atoms with Gasteiger partial charge in [0.2, 0.25) is 0 Å². The predicted molar refractivity (Wildman–Crippen MR) is 55.9 cm³/mol. The zero-order valence-corrected chi connectivity index (χ0v) is 8.15. The zero-order valence-electron chi connectivity index (χ0n) is 7.39. The maximum Gasteiger partial charge on any atom is 0.0472 e. The summed E-state index contributed by atoms with van der Waals surface area (Å²) < 4.78 is 0. The number of fused-ring (bicyclic) bond motifs is 1. The van der Waals surface area contributed by atoms with Gasteiger partial charge in [-0.2, -0.15) is 0 Å². The predicted octanol–water partition coefficient (Wildman–Crippen LogP) is 2.59. The van der Waals surface area contributed by atoms with Gasteiger partial charge in [-0.15, -0.1) is 0 Å². The minimum absolute atomic E-state index is 0.557. The molecule has 2 rings (SSSR count). The number of benzene rings is 1. The van der Waals surface area contributed by atoms with E-state index in [2.05, 4.69) is 11.1 Å². The molecule has 1 aromatic heterocycles. The molecule has 1 aromatic carbocycles. The molecule has 3 heteroatoms. The Labute approximate surface area is 81.7 Å². The number of rotatable bonds is 1. The van der Waals surface area contributed by atoms with Crippen molar-refractivity contribution >= 4 is 22.5 Å². The molecule has 0 aliphatic heterocycles. The first kappa shape index (κ1) is 8.60. The molecule has 0 aliphatic carbocycles. The molecule has 0 unspecified atom stereocenters. The second-order valence-corrected chi connectivity index (χ2v) is 3.57. The fraction of sp³-hybridized carbons (Fsp3) is 0.200. The van der Waals surface area contributed by atoms with Crippen LogP contribution in [0.3, 0.4) is 0 Å². The van der Waals surface area contributed by atoms with Gasteiger partial charge in [-0.1, -0.05) is 11.6 Å². The SMILES string of the molecule is Cc1cc2c(CN)c[nH]c2cc1Cl. The molecule has 2 aromatic rings. The lowest BCUT2D eigenvalue weighted by Gasteiger charge is -1.99. The first-order valence-electron chi connectivity index (χ1n) is 4.18. The van der Waals surface area contributed by atoms with Gasteiger partial charge >= 0.3 is 0 Å². The first-order chi connectivity index (χ1) is 6.22. The third-order valence-electron chi connectivity index (χ3n) is 2.27. The lowest BCUT2D eigenvalue weighted by atomic mass is 10.1. The molecule has 0 amide bonds. The van der Waals surface area contributed by atoms with Crippen molar-refractivity contribution < 1.29 is 0 Å². The molecule has 3 N–H and O–H groups in total. The molecule has 1 heterocycles. The summed E-state index contributed by atoms with van der Waals surface area (Å²) in [5, 5.41) is 1.96.